The molecule has 0 saturated heterocycles. The second-order valence-corrected chi connectivity index (χ2v) is 6.20. The van der Waals surface area contributed by atoms with Crippen LogP contribution in [0.2, 0.25) is 5.02 Å². The lowest BCUT2D eigenvalue weighted by molar-refractivity contribution is -0.116. The summed E-state index contributed by atoms with van der Waals surface area (Å²) in [5, 5.41) is 12.5. The molecule has 6 heteroatoms. The van der Waals surface area contributed by atoms with Gasteiger partial charge in [0.25, 0.3) is 0 Å². The number of hydrogen-bond acceptors (Lipinski definition) is 4. The second-order valence-electron chi connectivity index (χ2n) is 5.79. The third-order valence-electron chi connectivity index (χ3n) is 3.77. The summed E-state index contributed by atoms with van der Waals surface area (Å²) in [4.78, 5) is 14.0. The SMILES string of the molecule is CN(CCC(=O)Nc1ccc(N)cc1Cl)CC1CC(O)C1. The summed E-state index contributed by atoms with van der Waals surface area (Å²) in [5.41, 5.74) is 6.76. The van der Waals surface area contributed by atoms with Crippen LogP contribution in [0.15, 0.2) is 18.2 Å². The summed E-state index contributed by atoms with van der Waals surface area (Å²) in [5.74, 6) is 0.488. The molecule has 1 saturated carbocycles. The van der Waals surface area contributed by atoms with Crippen molar-refractivity contribution in [3.63, 3.8) is 0 Å². The van der Waals surface area contributed by atoms with Gasteiger partial charge in [-0.3, -0.25) is 4.79 Å². The van der Waals surface area contributed by atoms with Crippen molar-refractivity contribution in [2.24, 2.45) is 5.92 Å². The van der Waals surface area contributed by atoms with Crippen molar-refractivity contribution in [1.29, 1.82) is 0 Å². The van der Waals surface area contributed by atoms with Gasteiger partial charge in [0.1, 0.15) is 0 Å². The molecule has 1 amide bonds. The normalized spacial score (nSPS) is 21.1. The van der Waals surface area contributed by atoms with Crippen LogP contribution >= 0.6 is 11.6 Å². The van der Waals surface area contributed by atoms with Crippen molar-refractivity contribution in [3.05, 3.63) is 23.2 Å². The third-order valence-corrected chi connectivity index (χ3v) is 4.08. The zero-order valence-electron chi connectivity index (χ0n) is 12.2. The molecule has 5 nitrogen and oxygen atoms in total. The number of amides is 1. The molecule has 0 spiro atoms. The Morgan fingerprint density at radius 1 is 1.52 bits per heavy atom. The van der Waals surface area contributed by atoms with Crippen LogP contribution in [0.3, 0.4) is 0 Å². The molecule has 0 radical (unpaired) electrons. The van der Waals surface area contributed by atoms with Crippen molar-refractivity contribution in [3.8, 4) is 0 Å². The van der Waals surface area contributed by atoms with E-state index in [-0.39, 0.29) is 12.0 Å². The number of benzene rings is 1. The Morgan fingerprint density at radius 2 is 2.24 bits per heavy atom. The summed E-state index contributed by atoms with van der Waals surface area (Å²) in [6.07, 6.45) is 2.03. The quantitative estimate of drug-likeness (QED) is 0.702. The van der Waals surface area contributed by atoms with Crippen molar-refractivity contribution in [2.75, 3.05) is 31.2 Å². The first-order chi connectivity index (χ1) is 9.94. The van der Waals surface area contributed by atoms with Crippen LogP contribution in [0.5, 0.6) is 0 Å². The number of nitrogens with two attached hydrogens (primary N) is 1. The molecule has 1 aliphatic carbocycles. The molecule has 1 aromatic rings. The van der Waals surface area contributed by atoms with Crippen molar-refractivity contribution in [2.45, 2.75) is 25.4 Å². The van der Waals surface area contributed by atoms with Crippen LogP contribution in [0.25, 0.3) is 0 Å². The van der Waals surface area contributed by atoms with Gasteiger partial charge in [-0.05, 0) is 44.0 Å². The minimum atomic E-state index is -0.126. The average Bonchev–Trinajstić information content (AvgIpc) is 2.38. The largest absolute Gasteiger partial charge is 0.399 e. The molecule has 0 unspecified atom stereocenters. The molecule has 2 rings (SSSR count). The molecule has 1 fully saturated rings. The molecule has 0 aromatic heterocycles. The fourth-order valence-corrected chi connectivity index (χ4v) is 2.76. The van der Waals surface area contributed by atoms with Gasteiger partial charge in [0, 0.05) is 25.2 Å². The van der Waals surface area contributed by atoms with E-state index < -0.39 is 0 Å². The highest BCUT2D eigenvalue weighted by Crippen LogP contribution is 2.27. The minimum absolute atomic E-state index is 0.0674. The zero-order chi connectivity index (χ0) is 15.4. The van der Waals surface area contributed by atoms with Gasteiger partial charge in [-0.2, -0.15) is 0 Å². The van der Waals surface area contributed by atoms with E-state index in [1.807, 2.05) is 7.05 Å². The Hall–Kier alpha value is -1.30. The Labute approximate surface area is 130 Å². The van der Waals surface area contributed by atoms with Crippen LogP contribution in [-0.4, -0.2) is 42.2 Å². The number of carbonyl (C=O) groups is 1. The van der Waals surface area contributed by atoms with E-state index in [4.69, 9.17) is 17.3 Å². The Balaban J connectivity index is 1.71. The van der Waals surface area contributed by atoms with Gasteiger partial charge in [-0.1, -0.05) is 11.6 Å². The van der Waals surface area contributed by atoms with Crippen LogP contribution in [0, 0.1) is 5.92 Å². The summed E-state index contributed by atoms with van der Waals surface area (Å²) in [6, 6.07) is 5.02. The third kappa shape index (κ3) is 4.88. The van der Waals surface area contributed by atoms with Gasteiger partial charge in [0.05, 0.1) is 16.8 Å². The number of rotatable bonds is 6. The van der Waals surface area contributed by atoms with E-state index in [0.717, 1.165) is 19.4 Å². The number of nitrogens with one attached hydrogen (secondary N) is 1. The summed E-state index contributed by atoms with van der Waals surface area (Å²) < 4.78 is 0. The van der Waals surface area contributed by atoms with Crippen LogP contribution in [0.4, 0.5) is 11.4 Å². The molecule has 0 heterocycles. The van der Waals surface area contributed by atoms with Gasteiger partial charge in [0.15, 0.2) is 0 Å². The first-order valence-corrected chi connectivity index (χ1v) is 7.53. The van der Waals surface area contributed by atoms with E-state index in [9.17, 15) is 9.90 Å². The molecular formula is C15H22ClN3O2. The number of aliphatic hydroxyl groups excluding tert-OH is 1. The van der Waals surface area contributed by atoms with E-state index in [1.54, 1.807) is 18.2 Å². The molecule has 4 N–H and O–H groups in total. The monoisotopic (exact) mass is 311 g/mol. The first kappa shape index (κ1) is 16.1. The fraction of sp³-hybridized carbons (Fsp3) is 0.533. The number of nitrogen functional groups attached to an aromatic ring is 1. The predicted molar refractivity (Wildman–Crippen MR) is 85.3 cm³/mol. The minimum Gasteiger partial charge on any atom is -0.399 e. The Morgan fingerprint density at radius 3 is 2.86 bits per heavy atom. The summed E-state index contributed by atoms with van der Waals surface area (Å²) in [7, 11) is 1.99. The van der Waals surface area contributed by atoms with Gasteiger partial charge < -0.3 is 21.1 Å². The number of hydrogen-bond donors (Lipinski definition) is 3. The molecule has 116 valence electrons. The molecule has 1 aromatic carbocycles. The lowest BCUT2D eigenvalue weighted by atomic mass is 9.82. The number of carbonyl (C=O) groups excluding carboxylic acids is 1. The zero-order valence-corrected chi connectivity index (χ0v) is 12.9. The Kier molecular flexibility index (Phi) is 5.45. The maximum atomic E-state index is 11.9. The van der Waals surface area contributed by atoms with Crippen LogP contribution < -0.4 is 11.1 Å². The highest BCUT2D eigenvalue weighted by Gasteiger charge is 2.27. The van der Waals surface area contributed by atoms with E-state index >= 15 is 0 Å². The maximum absolute atomic E-state index is 11.9. The smallest absolute Gasteiger partial charge is 0.225 e. The van der Waals surface area contributed by atoms with Gasteiger partial charge in [0.2, 0.25) is 5.91 Å². The second kappa shape index (κ2) is 7.11. The van der Waals surface area contributed by atoms with Gasteiger partial charge in [-0.15, -0.1) is 0 Å². The van der Waals surface area contributed by atoms with Gasteiger partial charge >= 0.3 is 0 Å². The number of aliphatic hydroxyl groups is 1. The van der Waals surface area contributed by atoms with Crippen molar-refractivity contribution < 1.29 is 9.90 Å². The molecule has 0 aliphatic heterocycles. The average molecular weight is 312 g/mol. The van der Waals surface area contributed by atoms with Crippen LogP contribution in [-0.2, 0) is 4.79 Å². The molecule has 0 atom stereocenters. The van der Waals surface area contributed by atoms with Crippen molar-refractivity contribution in [1.82, 2.24) is 4.90 Å². The number of halogens is 1. The number of anilines is 2. The topological polar surface area (TPSA) is 78.6 Å². The first-order valence-electron chi connectivity index (χ1n) is 7.15. The Bertz CT molecular complexity index is 504. The predicted octanol–water partition coefficient (Wildman–Crippen LogP) is 1.95. The maximum Gasteiger partial charge on any atom is 0.225 e. The van der Waals surface area contributed by atoms with E-state index in [2.05, 4.69) is 10.2 Å². The van der Waals surface area contributed by atoms with Crippen molar-refractivity contribution >= 4 is 28.9 Å². The highest BCUT2D eigenvalue weighted by molar-refractivity contribution is 6.34. The van der Waals surface area contributed by atoms with Gasteiger partial charge in [-0.25, -0.2) is 0 Å². The summed E-state index contributed by atoms with van der Waals surface area (Å²) >= 11 is 6.02. The van der Waals surface area contributed by atoms with E-state index in [1.165, 1.54) is 0 Å². The summed E-state index contributed by atoms with van der Waals surface area (Å²) in [6.45, 7) is 1.61. The highest BCUT2D eigenvalue weighted by atomic mass is 35.5. The molecule has 0 bridgehead atoms. The van der Waals surface area contributed by atoms with E-state index in [0.29, 0.717) is 35.3 Å². The lowest BCUT2D eigenvalue weighted by Gasteiger charge is -2.34. The molecule has 21 heavy (non-hydrogen) atoms. The lowest BCUT2D eigenvalue weighted by Crippen LogP contribution is -2.38. The molecule has 1 aliphatic rings. The number of nitrogens with zero attached hydrogens (tertiary/aromatic N) is 1. The standard InChI is InChI=1S/C15H22ClN3O2/c1-19(9-10-6-12(20)7-10)5-4-15(21)18-14-3-2-11(17)8-13(14)16/h2-3,8,10,12,20H,4-7,9,17H2,1H3,(H,18,21). The fourth-order valence-electron chi connectivity index (χ4n) is 2.52. The molecular weight excluding hydrogens is 290 g/mol. The van der Waals surface area contributed by atoms with Crippen LogP contribution in [0.1, 0.15) is 19.3 Å².